The van der Waals surface area contributed by atoms with E-state index in [4.69, 9.17) is 0 Å². The van der Waals surface area contributed by atoms with Crippen LogP contribution in [0.5, 0.6) is 0 Å². The van der Waals surface area contributed by atoms with E-state index in [1.165, 1.54) is 5.56 Å². The van der Waals surface area contributed by atoms with Crippen molar-refractivity contribution in [3.8, 4) is 0 Å². The van der Waals surface area contributed by atoms with Gasteiger partial charge in [0.15, 0.2) is 0 Å². The Morgan fingerprint density at radius 1 is 0.963 bits per heavy atom. The summed E-state index contributed by atoms with van der Waals surface area (Å²) in [6, 6.07) is 21.9. The van der Waals surface area contributed by atoms with Crippen molar-refractivity contribution in [3.63, 3.8) is 0 Å². The lowest BCUT2D eigenvalue weighted by molar-refractivity contribution is 0.0951. The molecule has 2 aromatic carbocycles. The predicted octanol–water partition coefficient (Wildman–Crippen LogP) is 4.21. The molecule has 0 atom stereocenters. The Morgan fingerprint density at radius 2 is 1.85 bits per heavy atom. The summed E-state index contributed by atoms with van der Waals surface area (Å²) in [4.78, 5) is 16.7. The van der Waals surface area contributed by atoms with Gasteiger partial charge in [-0.25, -0.2) is 0 Å². The zero-order chi connectivity index (χ0) is 18.5. The van der Waals surface area contributed by atoms with Crippen molar-refractivity contribution in [1.29, 1.82) is 0 Å². The van der Waals surface area contributed by atoms with Crippen LogP contribution in [0, 0.1) is 0 Å². The molecule has 4 nitrogen and oxygen atoms in total. The second-order valence-electron chi connectivity index (χ2n) is 6.59. The smallest absolute Gasteiger partial charge is 0.251 e. The summed E-state index contributed by atoms with van der Waals surface area (Å²) in [6.07, 6.45) is 6.90. The van der Waals surface area contributed by atoms with Crippen LogP contribution in [-0.2, 0) is 19.5 Å². The van der Waals surface area contributed by atoms with Crippen LogP contribution < -0.4 is 5.32 Å². The van der Waals surface area contributed by atoms with Crippen molar-refractivity contribution < 1.29 is 4.79 Å². The average molecular weight is 355 g/mol. The number of benzene rings is 2. The molecule has 1 amide bonds. The number of hydrogen-bond acceptors (Lipinski definition) is 2. The highest BCUT2D eigenvalue weighted by Gasteiger charge is 2.07. The van der Waals surface area contributed by atoms with E-state index in [-0.39, 0.29) is 5.91 Å². The lowest BCUT2D eigenvalue weighted by Crippen LogP contribution is -2.22. The highest BCUT2D eigenvalue weighted by Crippen LogP contribution is 2.13. The van der Waals surface area contributed by atoms with Crippen molar-refractivity contribution in [1.82, 2.24) is 14.9 Å². The summed E-state index contributed by atoms with van der Waals surface area (Å²) in [5, 5.41) is 3.96. The maximum atomic E-state index is 12.4. The van der Waals surface area contributed by atoms with Gasteiger partial charge < -0.3 is 9.88 Å². The number of nitrogens with zero attached hydrogens (tertiary/aromatic N) is 2. The van der Waals surface area contributed by atoms with Crippen LogP contribution in [0.3, 0.4) is 0 Å². The van der Waals surface area contributed by atoms with Gasteiger partial charge in [0.2, 0.25) is 0 Å². The molecule has 0 fully saturated rings. The number of nitrogens with one attached hydrogen (secondary N) is 1. The zero-order valence-electron chi connectivity index (χ0n) is 15.0. The van der Waals surface area contributed by atoms with Crippen LogP contribution in [0.15, 0.2) is 85.3 Å². The molecule has 0 saturated carbocycles. The number of hydrogen-bond donors (Lipinski definition) is 1. The van der Waals surface area contributed by atoms with Gasteiger partial charge in [0.25, 0.3) is 5.91 Å². The third-order valence-electron chi connectivity index (χ3n) is 4.63. The van der Waals surface area contributed by atoms with Gasteiger partial charge in [0.05, 0.1) is 5.52 Å². The summed E-state index contributed by atoms with van der Waals surface area (Å²) in [5.41, 5.74) is 3.97. The zero-order valence-corrected chi connectivity index (χ0v) is 15.0. The molecule has 134 valence electrons. The molecule has 4 rings (SSSR count). The van der Waals surface area contributed by atoms with Crippen molar-refractivity contribution in [3.05, 3.63) is 102 Å². The van der Waals surface area contributed by atoms with Gasteiger partial charge in [0, 0.05) is 42.6 Å². The molecule has 0 bridgehead atoms. The lowest BCUT2D eigenvalue weighted by Gasteiger charge is -2.06. The van der Waals surface area contributed by atoms with E-state index in [0.29, 0.717) is 12.1 Å². The number of fused-ring (bicyclic) bond motifs is 1. The molecule has 4 heteroatoms. The molecule has 0 radical (unpaired) electrons. The number of aryl methyl sites for hydroxylation is 2. The third-order valence-corrected chi connectivity index (χ3v) is 4.63. The number of rotatable bonds is 6. The number of carbonyl (C=O) groups excluding carboxylic acids is 1. The van der Waals surface area contributed by atoms with Crippen molar-refractivity contribution in [2.75, 3.05) is 0 Å². The van der Waals surface area contributed by atoms with Gasteiger partial charge in [-0.15, -0.1) is 0 Å². The fourth-order valence-corrected chi connectivity index (χ4v) is 3.14. The second-order valence-corrected chi connectivity index (χ2v) is 6.59. The quantitative estimate of drug-likeness (QED) is 0.563. The van der Waals surface area contributed by atoms with Crippen LogP contribution in [0.1, 0.15) is 21.5 Å². The number of amides is 1. The van der Waals surface area contributed by atoms with Gasteiger partial charge in [-0.3, -0.25) is 9.78 Å². The predicted molar refractivity (Wildman–Crippen MR) is 107 cm³/mol. The highest BCUT2D eigenvalue weighted by molar-refractivity contribution is 5.97. The second kappa shape index (κ2) is 7.87. The van der Waals surface area contributed by atoms with Crippen LogP contribution in [0.4, 0.5) is 0 Å². The van der Waals surface area contributed by atoms with Gasteiger partial charge in [-0.05, 0) is 47.9 Å². The summed E-state index contributed by atoms with van der Waals surface area (Å²) >= 11 is 0. The first-order valence-electron chi connectivity index (χ1n) is 9.09. The van der Waals surface area contributed by atoms with E-state index in [0.717, 1.165) is 29.4 Å². The Bertz CT molecular complexity index is 1050. The van der Waals surface area contributed by atoms with E-state index in [2.05, 4.69) is 57.6 Å². The van der Waals surface area contributed by atoms with Crippen molar-refractivity contribution in [2.45, 2.75) is 19.5 Å². The summed E-state index contributed by atoms with van der Waals surface area (Å²) in [5.74, 6) is -0.0715. The molecule has 0 aliphatic rings. The van der Waals surface area contributed by atoms with Gasteiger partial charge in [-0.2, -0.15) is 0 Å². The first-order chi connectivity index (χ1) is 13.3. The molecular formula is C23H21N3O. The van der Waals surface area contributed by atoms with Gasteiger partial charge in [0.1, 0.15) is 0 Å². The van der Waals surface area contributed by atoms with Crippen LogP contribution in [0.25, 0.3) is 10.9 Å². The Kier molecular flexibility index (Phi) is 4.97. The fourth-order valence-electron chi connectivity index (χ4n) is 3.14. The number of pyridine rings is 1. The molecule has 2 aromatic heterocycles. The topological polar surface area (TPSA) is 46.9 Å². The molecule has 0 aliphatic carbocycles. The van der Waals surface area contributed by atoms with Crippen molar-refractivity contribution >= 4 is 16.8 Å². The van der Waals surface area contributed by atoms with E-state index >= 15 is 0 Å². The number of aromatic nitrogens is 2. The molecule has 4 aromatic rings. The monoisotopic (exact) mass is 355 g/mol. The molecule has 0 spiro atoms. The lowest BCUT2D eigenvalue weighted by atomic mass is 10.1. The van der Waals surface area contributed by atoms with Crippen LogP contribution in [-0.4, -0.2) is 15.5 Å². The first kappa shape index (κ1) is 17.0. The molecule has 0 aliphatic heterocycles. The molecule has 27 heavy (non-hydrogen) atoms. The van der Waals surface area contributed by atoms with Gasteiger partial charge >= 0.3 is 0 Å². The Hall–Kier alpha value is -3.40. The average Bonchev–Trinajstić information content (AvgIpc) is 3.19. The van der Waals surface area contributed by atoms with Crippen molar-refractivity contribution in [2.24, 2.45) is 0 Å². The van der Waals surface area contributed by atoms with Gasteiger partial charge in [-0.1, -0.05) is 36.4 Å². The standard InChI is InChI=1S/C23H21N3O/c27-23(21-8-9-22-20(15-21)7-4-12-24-22)25-16-19-11-14-26(17-19)13-10-18-5-2-1-3-6-18/h1-9,11-12,14-15,17H,10,13,16H2,(H,25,27). The maximum absolute atomic E-state index is 12.4. The Labute approximate surface area is 158 Å². The number of carbonyl (C=O) groups is 1. The molecule has 1 N–H and O–H groups in total. The maximum Gasteiger partial charge on any atom is 0.251 e. The van der Waals surface area contributed by atoms with Crippen LogP contribution >= 0.6 is 0 Å². The largest absolute Gasteiger partial charge is 0.354 e. The van der Waals surface area contributed by atoms with Crippen LogP contribution in [0.2, 0.25) is 0 Å². The van der Waals surface area contributed by atoms with E-state index in [9.17, 15) is 4.79 Å². The molecule has 0 saturated heterocycles. The third kappa shape index (κ3) is 4.23. The first-order valence-corrected chi connectivity index (χ1v) is 9.09. The SMILES string of the molecule is O=C(NCc1ccn(CCc2ccccc2)c1)c1ccc2ncccc2c1. The minimum absolute atomic E-state index is 0.0715. The van der Waals surface area contributed by atoms with E-state index in [1.807, 2.05) is 36.4 Å². The Balaban J connectivity index is 1.34. The minimum Gasteiger partial charge on any atom is -0.354 e. The molecule has 2 heterocycles. The minimum atomic E-state index is -0.0715. The summed E-state index contributed by atoms with van der Waals surface area (Å²) < 4.78 is 2.16. The fraction of sp³-hybridized carbons (Fsp3) is 0.130. The highest BCUT2D eigenvalue weighted by atomic mass is 16.1. The van der Waals surface area contributed by atoms with E-state index in [1.54, 1.807) is 6.20 Å². The molecular weight excluding hydrogens is 334 g/mol. The van der Waals surface area contributed by atoms with E-state index < -0.39 is 0 Å². The summed E-state index contributed by atoms with van der Waals surface area (Å²) in [6.45, 7) is 1.44. The summed E-state index contributed by atoms with van der Waals surface area (Å²) in [7, 11) is 0. The molecule has 0 unspecified atom stereocenters. The normalized spacial score (nSPS) is 10.8. The Morgan fingerprint density at radius 3 is 2.74 bits per heavy atom.